The van der Waals surface area contributed by atoms with Crippen LogP contribution in [0.4, 0.5) is 0 Å². The van der Waals surface area contributed by atoms with Gasteiger partial charge >= 0.3 is 5.97 Å². The molecule has 0 saturated carbocycles. The van der Waals surface area contributed by atoms with Crippen LogP contribution in [0, 0.1) is 22.7 Å². The minimum atomic E-state index is -1.06. The lowest BCUT2D eigenvalue weighted by Crippen LogP contribution is -2.27. The molecule has 2 aromatic rings. The highest BCUT2D eigenvalue weighted by Crippen LogP contribution is 2.39. The van der Waals surface area contributed by atoms with Crippen LogP contribution < -0.4 is 5.49 Å². The number of nitriles is 1. The lowest BCUT2D eigenvalue weighted by molar-refractivity contribution is -0.151. The van der Waals surface area contributed by atoms with Gasteiger partial charge in [0.25, 0.3) is 0 Å². The van der Waals surface area contributed by atoms with Crippen molar-refractivity contribution in [3.63, 3.8) is 0 Å². The molecule has 1 aliphatic rings. The van der Waals surface area contributed by atoms with Crippen LogP contribution in [0.1, 0.15) is 39.0 Å². The van der Waals surface area contributed by atoms with Crippen LogP contribution in [0.5, 0.6) is 0 Å². The number of hydrogen-bond acceptors (Lipinski definition) is 7. The molecular formula is C17H21N5O4. The lowest BCUT2D eigenvalue weighted by atomic mass is 10.0. The summed E-state index contributed by atoms with van der Waals surface area (Å²) in [5, 5.41) is 32.1. The Labute approximate surface area is 149 Å². The summed E-state index contributed by atoms with van der Waals surface area (Å²) >= 11 is 0. The number of hydrogen-bond donors (Lipinski definition) is 2. The van der Waals surface area contributed by atoms with Gasteiger partial charge in [0.1, 0.15) is 17.9 Å². The van der Waals surface area contributed by atoms with Gasteiger partial charge in [0.2, 0.25) is 0 Å². The molecule has 3 rings (SSSR count). The summed E-state index contributed by atoms with van der Waals surface area (Å²) in [6.07, 6.45) is 0.0430. The van der Waals surface area contributed by atoms with Crippen LogP contribution in [-0.4, -0.2) is 37.0 Å². The normalized spacial score (nSPS) is 25.5. The zero-order chi connectivity index (χ0) is 19.1. The Kier molecular flexibility index (Phi) is 4.56. The van der Waals surface area contributed by atoms with Gasteiger partial charge in [-0.25, -0.2) is 4.52 Å². The fourth-order valence-electron chi connectivity index (χ4n) is 2.93. The summed E-state index contributed by atoms with van der Waals surface area (Å²) in [5.74, 6) is -0.608. The minimum Gasteiger partial charge on any atom is -0.444 e. The monoisotopic (exact) mass is 359 g/mol. The molecule has 3 atom stereocenters. The number of carbonyl (C=O) groups is 1. The number of aliphatic hydroxyl groups excluding tert-OH is 1. The van der Waals surface area contributed by atoms with Crippen molar-refractivity contribution in [1.29, 1.82) is 10.7 Å². The number of nitrogens with zero attached hydrogens (tertiary/aromatic N) is 4. The second-order valence-corrected chi connectivity index (χ2v) is 6.90. The average molecular weight is 359 g/mol. The first-order valence-electron chi connectivity index (χ1n) is 8.31. The Bertz CT molecular complexity index is 941. The molecule has 26 heavy (non-hydrogen) atoms. The van der Waals surface area contributed by atoms with E-state index in [9.17, 15) is 15.2 Å². The topological polar surface area (TPSA) is 126 Å². The van der Waals surface area contributed by atoms with Crippen LogP contribution >= 0.6 is 0 Å². The number of carbonyl (C=O) groups excluding carboxylic acids is 1. The molecule has 1 fully saturated rings. The smallest absolute Gasteiger partial charge is 0.310 e. The van der Waals surface area contributed by atoms with E-state index in [4.69, 9.17) is 14.9 Å². The number of aromatic nitrogens is 3. The third-order valence-electron chi connectivity index (χ3n) is 4.40. The van der Waals surface area contributed by atoms with E-state index >= 15 is 0 Å². The van der Waals surface area contributed by atoms with Gasteiger partial charge in [-0.1, -0.05) is 13.8 Å². The summed E-state index contributed by atoms with van der Waals surface area (Å²) in [4.78, 5) is 11.6. The summed E-state index contributed by atoms with van der Waals surface area (Å²) in [7, 11) is 0. The van der Waals surface area contributed by atoms with Crippen molar-refractivity contribution in [2.75, 3.05) is 0 Å². The summed E-state index contributed by atoms with van der Waals surface area (Å²) in [5.41, 5.74) is 0.0895. The van der Waals surface area contributed by atoms with Gasteiger partial charge in [0.15, 0.2) is 17.8 Å². The highest BCUT2D eigenvalue weighted by Gasteiger charge is 2.44. The number of fused-ring (bicyclic) bond motifs is 1. The molecule has 9 nitrogen and oxygen atoms in total. The molecule has 1 aliphatic heterocycles. The molecule has 0 aliphatic carbocycles. The molecule has 0 spiro atoms. The Morgan fingerprint density at radius 2 is 2.35 bits per heavy atom. The van der Waals surface area contributed by atoms with E-state index in [1.807, 2.05) is 0 Å². The van der Waals surface area contributed by atoms with Crippen molar-refractivity contribution in [2.45, 2.75) is 51.7 Å². The van der Waals surface area contributed by atoms with Crippen molar-refractivity contribution in [2.24, 2.45) is 5.92 Å². The molecular weight excluding hydrogens is 338 g/mol. The first-order chi connectivity index (χ1) is 12.3. The van der Waals surface area contributed by atoms with Crippen LogP contribution in [0.25, 0.3) is 5.52 Å². The Hall–Kier alpha value is -2.70. The molecule has 0 radical (unpaired) electrons. The van der Waals surface area contributed by atoms with Crippen LogP contribution in [0.3, 0.4) is 0 Å². The van der Waals surface area contributed by atoms with Crippen molar-refractivity contribution < 1.29 is 19.4 Å². The number of rotatable bonds is 4. The van der Waals surface area contributed by atoms with Gasteiger partial charge in [-0.2, -0.15) is 10.4 Å². The van der Waals surface area contributed by atoms with E-state index < -0.39 is 17.8 Å². The Morgan fingerprint density at radius 3 is 2.96 bits per heavy atom. The second kappa shape index (κ2) is 6.55. The zero-order valence-corrected chi connectivity index (χ0v) is 14.8. The van der Waals surface area contributed by atoms with E-state index in [0.29, 0.717) is 11.2 Å². The van der Waals surface area contributed by atoms with Crippen molar-refractivity contribution in [3.8, 4) is 6.07 Å². The zero-order valence-electron chi connectivity index (χ0n) is 14.8. The third-order valence-corrected chi connectivity index (χ3v) is 4.40. The molecule has 138 valence electrons. The predicted octanol–water partition coefficient (Wildman–Crippen LogP) is 0.877. The SMILES string of the molecule is CC(C)C(=O)OCn1cnn2c([C@@H]3O[C@@](C)(C#N)C[C@H]3O)ccc2c1=N. The molecule has 9 heteroatoms. The third kappa shape index (κ3) is 3.09. The van der Waals surface area contributed by atoms with Crippen molar-refractivity contribution in [3.05, 3.63) is 29.6 Å². The van der Waals surface area contributed by atoms with Crippen molar-refractivity contribution >= 4 is 11.5 Å². The number of aliphatic hydroxyl groups is 1. The number of ether oxygens (including phenoxy) is 2. The number of esters is 1. The molecule has 1 saturated heterocycles. The van der Waals surface area contributed by atoms with E-state index in [0.717, 1.165) is 0 Å². The van der Waals surface area contributed by atoms with Gasteiger partial charge < -0.3 is 14.6 Å². The first-order valence-corrected chi connectivity index (χ1v) is 8.31. The average Bonchev–Trinajstić information content (AvgIpc) is 3.15. The highest BCUT2D eigenvalue weighted by atomic mass is 16.5. The maximum absolute atomic E-state index is 11.6. The summed E-state index contributed by atoms with van der Waals surface area (Å²) in [6, 6.07) is 5.46. The van der Waals surface area contributed by atoms with E-state index in [-0.39, 0.29) is 30.5 Å². The standard InChI is InChI=1S/C17H21N5O4/c1-10(2)16(24)25-9-21-8-20-22-11(4-5-12(22)15(21)19)14-13(23)6-17(3,7-18)26-14/h4-5,8,10,13-14,19,23H,6,9H2,1-3H3/t13-,14+,17-/m1/s1. The lowest BCUT2D eigenvalue weighted by Gasteiger charge is -2.17. The van der Waals surface area contributed by atoms with Gasteiger partial charge in [0, 0.05) is 6.42 Å². The molecule has 0 amide bonds. The first kappa shape index (κ1) is 18.1. The molecule has 3 heterocycles. The fraction of sp³-hybridized carbons (Fsp3) is 0.529. The summed E-state index contributed by atoms with van der Waals surface area (Å²) < 4.78 is 13.8. The Morgan fingerprint density at radius 1 is 1.62 bits per heavy atom. The predicted molar refractivity (Wildman–Crippen MR) is 88.4 cm³/mol. The van der Waals surface area contributed by atoms with E-state index in [2.05, 4.69) is 11.2 Å². The van der Waals surface area contributed by atoms with Crippen molar-refractivity contribution in [1.82, 2.24) is 14.2 Å². The maximum Gasteiger partial charge on any atom is 0.310 e. The van der Waals surface area contributed by atoms with Gasteiger partial charge in [-0.05, 0) is 19.1 Å². The van der Waals surface area contributed by atoms with Gasteiger partial charge in [0.05, 0.1) is 23.8 Å². The van der Waals surface area contributed by atoms with Crippen LogP contribution in [0.15, 0.2) is 18.5 Å². The molecule has 0 bridgehead atoms. The second-order valence-electron chi connectivity index (χ2n) is 6.90. The van der Waals surface area contributed by atoms with Gasteiger partial charge in [-0.15, -0.1) is 0 Å². The molecule has 0 unspecified atom stereocenters. The van der Waals surface area contributed by atoms with E-state index in [1.54, 1.807) is 32.9 Å². The molecule has 2 aromatic heterocycles. The highest BCUT2D eigenvalue weighted by molar-refractivity contribution is 5.71. The molecule has 2 N–H and O–H groups in total. The fourth-order valence-corrected chi connectivity index (χ4v) is 2.93. The quantitative estimate of drug-likeness (QED) is 0.781. The van der Waals surface area contributed by atoms with Crippen LogP contribution in [-0.2, 0) is 21.0 Å². The van der Waals surface area contributed by atoms with Gasteiger partial charge in [-0.3, -0.25) is 14.8 Å². The maximum atomic E-state index is 11.6. The van der Waals surface area contributed by atoms with Crippen LogP contribution in [0.2, 0.25) is 0 Å². The molecule has 0 aromatic carbocycles. The minimum absolute atomic E-state index is 0.102. The van der Waals surface area contributed by atoms with E-state index in [1.165, 1.54) is 15.4 Å². The Balaban J connectivity index is 1.90. The largest absolute Gasteiger partial charge is 0.444 e. The summed E-state index contributed by atoms with van der Waals surface area (Å²) in [6.45, 7) is 5.00. The number of nitrogens with one attached hydrogen (secondary N) is 1.